The van der Waals surface area contributed by atoms with E-state index in [0.29, 0.717) is 23.4 Å². The van der Waals surface area contributed by atoms with E-state index >= 15 is 0 Å². The lowest BCUT2D eigenvalue weighted by Gasteiger charge is -2.10. The molecular weight excluding hydrogens is 368 g/mol. The van der Waals surface area contributed by atoms with E-state index < -0.39 is 21.9 Å². The molecule has 0 spiro atoms. The normalized spacial score (nSPS) is 11.3. The van der Waals surface area contributed by atoms with Crippen LogP contribution in [0.4, 0.5) is 5.69 Å². The van der Waals surface area contributed by atoms with Crippen LogP contribution in [0.2, 0.25) is 0 Å². The van der Waals surface area contributed by atoms with Crippen molar-refractivity contribution in [1.82, 2.24) is 4.72 Å². The van der Waals surface area contributed by atoms with Crippen molar-refractivity contribution in [3.63, 3.8) is 0 Å². The second-order valence-electron chi connectivity index (χ2n) is 6.30. The Labute approximate surface area is 158 Å². The molecule has 0 heterocycles. The largest absolute Gasteiger partial charge is 0.465 e. The molecule has 27 heavy (non-hydrogen) atoms. The molecule has 0 bridgehead atoms. The number of carbonyl (C=O) groups excluding carboxylic acids is 2. The molecule has 1 amide bonds. The molecule has 0 aliphatic rings. The van der Waals surface area contributed by atoms with Crippen LogP contribution in [0.5, 0.6) is 0 Å². The van der Waals surface area contributed by atoms with Gasteiger partial charge in [0.05, 0.1) is 17.6 Å². The maximum Gasteiger partial charge on any atom is 0.337 e. The Bertz CT molecular complexity index is 921. The highest BCUT2D eigenvalue weighted by Gasteiger charge is 2.15. The molecule has 8 heteroatoms. The second kappa shape index (κ2) is 8.79. The van der Waals surface area contributed by atoms with E-state index in [1.165, 1.54) is 37.4 Å². The molecule has 144 valence electrons. The first-order valence-electron chi connectivity index (χ1n) is 8.32. The van der Waals surface area contributed by atoms with Gasteiger partial charge >= 0.3 is 5.97 Å². The van der Waals surface area contributed by atoms with E-state index in [1.54, 1.807) is 18.2 Å². The first-order chi connectivity index (χ1) is 12.7. The summed E-state index contributed by atoms with van der Waals surface area (Å²) in [6, 6.07) is 12.0. The number of rotatable bonds is 7. The maximum atomic E-state index is 12.3. The molecule has 2 N–H and O–H groups in total. The maximum absolute atomic E-state index is 12.3. The summed E-state index contributed by atoms with van der Waals surface area (Å²) in [4.78, 5) is 24.0. The molecular formula is C19H22N2O5S. The first-order valence-corrected chi connectivity index (χ1v) is 9.80. The summed E-state index contributed by atoms with van der Waals surface area (Å²) in [7, 11) is -2.33. The summed E-state index contributed by atoms with van der Waals surface area (Å²) < 4.78 is 31.5. The highest BCUT2D eigenvalue weighted by atomic mass is 32.2. The molecule has 0 radical (unpaired) electrons. The lowest BCUT2D eigenvalue weighted by molar-refractivity contribution is 0.0600. The summed E-state index contributed by atoms with van der Waals surface area (Å²) >= 11 is 0. The van der Waals surface area contributed by atoms with Gasteiger partial charge in [-0.1, -0.05) is 19.9 Å². The minimum Gasteiger partial charge on any atom is -0.465 e. The van der Waals surface area contributed by atoms with E-state index in [1.807, 2.05) is 13.8 Å². The van der Waals surface area contributed by atoms with Crippen molar-refractivity contribution < 1.29 is 22.7 Å². The van der Waals surface area contributed by atoms with Gasteiger partial charge in [0.15, 0.2) is 0 Å². The zero-order chi connectivity index (χ0) is 20.0. The van der Waals surface area contributed by atoms with Crippen LogP contribution in [0.1, 0.15) is 34.6 Å². The average molecular weight is 390 g/mol. The molecule has 0 aliphatic heterocycles. The number of sulfonamides is 1. The van der Waals surface area contributed by atoms with Gasteiger partial charge in [-0.15, -0.1) is 0 Å². The van der Waals surface area contributed by atoms with Crippen LogP contribution >= 0.6 is 0 Å². The Morgan fingerprint density at radius 2 is 1.70 bits per heavy atom. The van der Waals surface area contributed by atoms with Crippen LogP contribution in [-0.2, 0) is 14.8 Å². The van der Waals surface area contributed by atoms with E-state index in [9.17, 15) is 18.0 Å². The smallest absolute Gasteiger partial charge is 0.337 e. The Morgan fingerprint density at radius 1 is 1.04 bits per heavy atom. The minimum absolute atomic E-state index is 0.0902. The number of carbonyl (C=O) groups is 2. The number of esters is 1. The molecule has 2 aromatic carbocycles. The van der Waals surface area contributed by atoms with Crippen molar-refractivity contribution in [3.8, 4) is 0 Å². The zero-order valence-corrected chi connectivity index (χ0v) is 16.2. The minimum atomic E-state index is -3.61. The summed E-state index contributed by atoms with van der Waals surface area (Å²) in [5, 5.41) is 2.66. The van der Waals surface area contributed by atoms with Gasteiger partial charge in [0, 0.05) is 17.8 Å². The number of hydrogen-bond acceptors (Lipinski definition) is 5. The van der Waals surface area contributed by atoms with Crippen LogP contribution in [0.25, 0.3) is 0 Å². The van der Waals surface area contributed by atoms with Crippen molar-refractivity contribution in [2.75, 3.05) is 19.0 Å². The highest BCUT2D eigenvalue weighted by Crippen LogP contribution is 2.15. The van der Waals surface area contributed by atoms with Crippen molar-refractivity contribution in [2.24, 2.45) is 5.92 Å². The molecule has 0 aliphatic carbocycles. The van der Waals surface area contributed by atoms with Gasteiger partial charge in [0.25, 0.3) is 5.91 Å². The number of methoxy groups -OCH3 is 1. The molecule has 0 aromatic heterocycles. The van der Waals surface area contributed by atoms with E-state index in [4.69, 9.17) is 0 Å². The van der Waals surface area contributed by atoms with E-state index in [-0.39, 0.29) is 10.8 Å². The van der Waals surface area contributed by atoms with Crippen molar-refractivity contribution in [2.45, 2.75) is 18.7 Å². The van der Waals surface area contributed by atoms with Crippen molar-refractivity contribution in [1.29, 1.82) is 0 Å². The molecule has 0 atom stereocenters. The second-order valence-corrected chi connectivity index (χ2v) is 8.06. The standard InChI is InChI=1S/C19H22N2O5S/c1-13(2)12-20-27(24,25)17-9-7-14(8-10-17)18(22)21-16-6-4-5-15(11-16)19(23)26-3/h4-11,13,20H,12H2,1-3H3,(H,21,22). The van der Waals surface area contributed by atoms with Crippen LogP contribution < -0.4 is 10.0 Å². The lowest BCUT2D eigenvalue weighted by Crippen LogP contribution is -2.27. The number of hydrogen-bond donors (Lipinski definition) is 2. The fourth-order valence-corrected chi connectivity index (χ4v) is 3.40. The van der Waals surface area contributed by atoms with Crippen molar-refractivity contribution >= 4 is 27.6 Å². The van der Waals surface area contributed by atoms with Gasteiger partial charge in [-0.25, -0.2) is 17.9 Å². The predicted molar refractivity (Wildman–Crippen MR) is 102 cm³/mol. The van der Waals surface area contributed by atoms with Crippen LogP contribution in [0, 0.1) is 5.92 Å². The van der Waals surface area contributed by atoms with E-state index in [0.717, 1.165) is 0 Å². The average Bonchev–Trinajstić information content (AvgIpc) is 2.66. The highest BCUT2D eigenvalue weighted by molar-refractivity contribution is 7.89. The molecule has 2 aromatic rings. The van der Waals surface area contributed by atoms with Gasteiger partial charge in [-0.3, -0.25) is 4.79 Å². The molecule has 7 nitrogen and oxygen atoms in total. The Kier molecular flexibility index (Phi) is 6.70. The number of amides is 1. The summed E-state index contributed by atoms with van der Waals surface area (Å²) in [6.07, 6.45) is 0. The first kappa shape index (κ1) is 20.6. The SMILES string of the molecule is COC(=O)c1cccc(NC(=O)c2ccc(S(=O)(=O)NCC(C)C)cc2)c1. The number of nitrogens with one attached hydrogen (secondary N) is 2. The molecule has 2 rings (SSSR count). The number of anilines is 1. The topological polar surface area (TPSA) is 102 Å². The third-order valence-electron chi connectivity index (χ3n) is 3.65. The predicted octanol–water partition coefficient (Wildman–Crippen LogP) is 2.66. The van der Waals surface area contributed by atoms with Gasteiger partial charge < -0.3 is 10.1 Å². The summed E-state index contributed by atoms with van der Waals surface area (Å²) in [5.41, 5.74) is 1.03. The molecule has 0 saturated heterocycles. The van der Waals surface area contributed by atoms with Crippen LogP contribution in [0.15, 0.2) is 53.4 Å². The third kappa shape index (κ3) is 5.63. The van der Waals surface area contributed by atoms with Gasteiger partial charge in [-0.05, 0) is 48.4 Å². The van der Waals surface area contributed by atoms with Gasteiger partial charge in [0.2, 0.25) is 10.0 Å². The fraction of sp³-hybridized carbons (Fsp3) is 0.263. The Balaban J connectivity index is 2.11. The summed E-state index contributed by atoms with van der Waals surface area (Å²) in [6.45, 7) is 4.15. The quantitative estimate of drug-likeness (QED) is 0.708. The van der Waals surface area contributed by atoms with Gasteiger partial charge in [-0.2, -0.15) is 0 Å². The zero-order valence-electron chi connectivity index (χ0n) is 15.4. The molecule has 0 fully saturated rings. The lowest BCUT2D eigenvalue weighted by atomic mass is 10.1. The van der Waals surface area contributed by atoms with Gasteiger partial charge in [0.1, 0.15) is 0 Å². The number of benzene rings is 2. The van der Waals surface area contributed by atoms with Crippen molar-refractivity contribution in [3.05, 3.63) is 59.7 Å². The molecule has 0 saturated carbocycles. The fourth-order valence-electron chi connectivity index (χ4n) is 2.19. The Morgan fingerprint density at radius 3 is 2.30 bits per heavy atom. The Hall–Kier alpha value is -2.71. The third-order valence-corrected chi connectivity index (χ3v) is 5.09. The summed E-state index contributed by atoms with van der Waals surface area (Å²) in [5.74, 6) is -0.740. The van der Waals surface area contributed by atoms with E-state index in [2.05, 4.69) is 14.8 Å². The van der Waals surface area contributed by atoms with Crippen LogP contribution in [-0.4, -0.2) is 33.9 Å². The molecule has 0 unspecified atom stereocenters. The van der Waals surface area contributed by atoms with Crippen LogP contribution in [0.3, 0.4) is 0 Å². The number of ether oxygens (including phenoxy) is 1. The monoisotopic (exact) mass is 390 g/mol.